The Morgan fingerprint density at radius 2 is 1.80 bits per heavy atom. The number of rotatable bonds is 9. The largest absolute Gasteiger partial charge is 0.444 e. The van der Waals surface area contributed by atoms with E-state index in [4.69, 9.17) is 10.5 Å². The quantitative estimate of drug-likeness (QED) is 0.492. The van der Waals surface area contributed by atoms with E-state index in [1.165, 1.54) is 4.90 Å². The number of alkyl carbamates (subject to hydrolysis) is 1. The molecule has 9 heteroatoms. The second-order valence-electron chi connectivity index (χ2n) is 10.2. The molecule has 0 aromatic heterocycles. The van der Waals surface area contributed by atoms with Gasteiger partial charge in [-0.1, -0.05) is 49.1 Å². The van der Waals surface area contributed by atoms with Gasteiger partial charge in [0.05, 0.1) is 6.42 Å². The number of ether oxygens (including phenoxy) is 1. The minimum atomic E-state index is -1.27. The zero-order valence-corrected chi connectivity index (χ0v) is 21.6. The van der Waals surface area contributed by atoms with E-state index < -0.39 is 42.0 Å². The first-order chi connectivity index (χ1) is 16.4. The maximum absolute atomic E-state index is 13.7. The summed E-state index contributed by atoms with van der Waals surface area (Å²) in [5, 5.41) is 5.59. The van der Waals surface area contributed by atoms with Gasteiger partial charge in [0.25, 0.3) is 0 Å². The number of nitrogens with zero attached hydrogens (tertiary/aromatic N) is 1. The third-order valence-corrected chi connectivity index (χ3v) is 5.89. The number of aryl methyl sites for hydroxylation is 1. The van der Waals surface area contributed by atoms with E-state index in [9.17, 15) is 19.2 Å². The number of hydrogen-bond acceptors (Lipinski definition) is 5. The van der Waals surface area contributed by atoms with Crippen molar-refractivity contribution >= 4 is 23.8 Å². The number of carbonyl (C=O) groups is 4. The van der Waals surface area contributed by atoms with Gasteiger partial charge in [0.2, 0.25) is 17.7 Å². The molecule has 0 spiro atoms. The van der Waals surface area contributed by atoms with Gasteiger partial charge in [-0.2, -0.15) is 0 Å². The molecule has 2 unspecified atom stereocenters. The van der Waals surface area contributed by atoms with E-state index in [2.05, 4.69) is 10.6 Å². The molecule has 1 aromatic carbocycles. The molecule has 2 atom stereocenters. The van der Waals surface area contributed by atoms with Crippen LogP contribution in [0.4, 0.5) is 4.79 Å². The molecule has 35 heavy (non-hydrogen) atoms. The highest BCUT2D eigenvalue weighted by molar-refractivity contribution is 5.94. The number of nitrogens with two attached hydrogens (primary N) is 1. The van der Waals surface area contributed by atoms with Crippen LogP contribution in [0.5, 0.6) is 0 Å². The van der Waals surface area contributed by atoms with Crippen LogP contribution in [0.1, 0.15) is 83.4 Å². The van der Waals surface area contributed by atoms with Crippen LogP contribution in [0.3, 0.4) is 0 Å². The van der Waals surface area contributed by atoms with Crippen LogP contribution in [-0.2, 0) is 19.1 Å². The average molecular weight is 489 g/mol. The van der Waals surface area contributed by atoms with E-state index in [1.807, 2.05) is 25.1 Å². The molecule has 1 aromatic rings. The summed E-state index contributed by atoms with van der Waals surface area (Å²) in [6.45, 7) is 8.93. The molecule has 0 radical (unpaired) electrons. The first-order valence-corrected chi connectivity index (χ1v) is 12.4. The van der Waals surface area contributed by atoms with Gasteiger partial charge in [0.15, 0.2) is 0 Å². The van der Waals surface area contributed by atoms with Gasteiger partial charge in [-0.05, 0) is 53.0 Å². The molecule has 0 aliphatic heterocycles. The smallest absolute Gasteiger partial charge is 0.408 e. The molecule has 4 amide bonds. The normalized spacial score (nSPS) is 16.0. The molecule has 1 fully saturated rings. The first-order valence-electron chi connectivity index (χ1n) is 12.4. The van der Waals surface area contributed by atoms with Crippen molar-refractivity contribution in [3.05, 3.63) is 35.4 Å². The lowest BCUT2D eigenvalue weighted by Gasteiger charge is -2.35. The van der Waals surface area contributed by atoms with Gasteiger partial charge in [0, 0.05) is 12.6 Å². The zero-order chi connectivity index (χ0) is 26.2. The molecule has 1 saturated carbocycles. The van der Waals surface area contributed by atoms with Crippen molar-refractivity contribution < 1.29 is 23.9 Å². The monoisotopic (exact) mass is 488 g/mol. The lowest BCUT2D eigenvalue weighted by molar-refractivity contribution is -0.143. The van der Waals surface area contributed by atoms with Gasteiger partial charge in [-0.3, -0.25) is 14.4 Å². The van der Waals surface area contributed by atoms with E-state index in [1.54, 1.807) is 33.8 Å². The van der Waals surface area contributed by atoms with Crippen molar-refractivity contribution in [3.63, 3.8) is 0 Å². The summed E-state index contributed by atoms with van der Waals surface area (Å²) in [4.78, 5) is 52.8. The average Bonchev–Trinajstić information content (AvgIpc) is 2.75. The number of likely N-dealkylation sites (N-methyl/N-ethyl adjacent to an activating group) is 1. The topological polar surface area (TPSA) is 131 Å². The third kappa shape index (κ3) is 8.88. The number of nitrogens with one attached hydrogen (secondary N) is 2. The molecule has 0 heterocycles. The molecular formula is C26H40N4O5. The van der Waals surface area contributed by atoms with E-state index in [0.29, 0.717) is 5.56 Å². The van der Waals surface area contributed by atoms with Crippen molar-refractivity contribution in [1.82, 2.24) is 15.5 Å². The maximum Gasteiger partial charge on any atom is 0.408 e. The van der Waals surface area contributed by atoms with Crippen LogP contribution in [0.15, 0.2) is 24.3 Å². The molecule has 1 aliphatic carbocycles. The van der Waals surface area contributed by atoms with Crippen molar-refractivity contribution in [3.8, 4) is 0 Å². The van der Waals surface area contributed by atoms with E-state index in [-0.39, 0.29) is 18.5 Å². The van der Waals surface area contributed by atoms with Gasteiger partial charge >= 0.3 is 6.09 Å². The highest BCUT2D eigenvalue weighted by Gasteiger charge is 2.37. The molecule has 0 saturated heterocycles. The Morgan fingerprint density at radius 3 is 2.34 bits per heavy atom. The van der Waals surface area contributed by atoms with Crippen molar-refractivity contribution in [2.45, 2.75) is 96.9 Å². The van der Waals surface area contributed by atoms with Crippen LogP contribution in [0, 0.1) is 6.92 Å². The van der Waals surface area contributed by atoms with Crippen LogP contribution < -0.4 is 16.4 Å². The number of primary amides is 1. The molecule has 1 aliphatic rings. The Labute approximate surface area is 208 Å². The predicted octanol–water partition coefficient (Wildman–Crippen LogP) is 3.10. The summed E-state index contributed by atoms with van der Waals surface area (Å²) in [6.07, 6.45) is 3.80. The number of carbonyl (C=O) groups excluding carboxylic acids is 4. The van der Waals surface area contributed by atoms with Gasteiger partial charge < -0.3 is 26.0 Å². The highest BCUT2D eigenvalue weighted by Crippen LogP contribution is 2.25. The second kappa shape index (κ2) is 12.6. The Bertz CT molecular complexity index is 905. The molecular weight excluding hydrogens is 448 g/mol. The Hall–Kier alpha value is -3.10. The van der Waals surface area contributed by atoms with Gasteiger partial charge in [-0.25, -0.2) is 4.79 Å². The number of benzene rings is 1. The minimum absolute atomic E-state index is 0.0543. The summed E-state index contributed by atoms with van der Waals surface area (Å²) >= 11 is 0. The number of hydrogen-bond donors (Lipinski definition) is 3. The summed E-state index contributed by atoms with van der Waals surface area (Å²) in [5.74, 6) is -1.62. The van der Waals surface area contributed by atoms with Crippen LogP contribution in [0.25, 0.3) is 0 Å². The summed E-state index contributed by atoms with van der Waals surface area (Å²) in [7, 11) is 0. The van der Waals surface area contributed by atoms with Crippen molar-refractivity contribution in [1.29, 1.82) is 0 Å². The molecule has 2 rings (SSSR count). The van der Waals surface area contributed by atoms with Gasteiger partial charge in [0.1, 0.15) is 17.7 Å². The lowest BCUT2D eigenvalue weighted by atomic mass is 9.94. The Kier molecular flexibility index (Phi) is 10.1. The second-order valence-corrected chi connectivity index (χ2v) is 10.2. The fourth-order valence-corrected chi connectivity index (χ4v) is 4.36. The predicted molar refractivity (Wildman–Crippen MR) is 133 cm³/mol. The zero-order valence-electron chi connectivity index (χ0n) is 21.6. The minimum Gasteiger partial charge on any atom is -0.444 e. The molecule has 9 nitrogen and oxygen atoms in total. The highest BCUT2D eigenvalue weighted by atomic mass is 16.6. The number of amides is 4. The van der Waals surface area contributed by atoms with E-state index >= 15 is 0 Å². The fourth-order valence-electron chi connectivity index (χ4n) is 4.36. The summed E-state index contributed by atoms with van der Waals surface area (Å²) < 4.78 is 5.27. The summed E-state index contributed by atoms with van der Waals surface area (Å²) in [5.41, 5.74) is 6.19. The van der Waals surface area contributed by atoms with Crippen LogP contribution in [-0.4, -0.2) is 52.9 Å². The third-order valence-electron chi connectivity index (χ3n) is 5.89. The Morgan fingerprint density at radius 1 is 1.14 bits per heavy atom. The lowest BCUT2D eigenvalue weighted by Crippen LogP contribution is -2.54. The van der Waals surface area contributed by atoms with Crippen molar-refractivity contribution in [2.75, 3.05) is 6.54 Å². The van der Waals surface area contributed by atoms with Gasteiger partial charge in [-0.15, -0.1) is 0 Å². The van der Waals surface area contributed by atoms with E-state index in [0.717, 1.165) is 37.7 Å². The van der Waals surface area contributed by atoms with Crippen LogP contribution in [0.2, 0.25) is 0 Å². The van der Waals surface area contributed by atoms with Crippen LogP contribution >= 0.6 is 0 Å². The standard InChI is InChI=1S/C26H40N4O5/c1-6-30(24(33)20(16-21(27)31)29-25(34)35-26(3,4)5)22(18-12-10-11-17(2)15-18)23(32)28-19-13-8-7-9-14-19/h10-12,15,19-20,22H,6-9,13-14,16H2,1-5H3,(H2,27,31)(H,28,32)(H,29,34). The molecule has 4 N–H and O–H groups in total. The first kappa shape index (κ1) is 28.1. The maximum atomic E-state index is 13.7. The summed E-state index contributed by atoms with van der Waals surface area (Å²) in [6, 6.07) is 5.28. The fraction of sp³-hybridized carbons (Fsp3) is 0.615. The SMILES string of the molecule is CCN(C(=O)C(CC(N)=O)NC(=O)OC(C)(C)C)C(C(=O)NC1CCCCC1)c1cccc(C)c1. The molecule has 194 valence electrons. The van der Waals surface area contributed by atoms with Crippen molar-refractivity contribution in [2.24, 2.45) is 5.73 Å². The molecule has 0 bridgehead atoms. The Balaban J connectivity index is 2.37.